The molecule has 0 fully saturated rings. The third-order valence-electron chi connectivity index (χ3n) is 3.03. The number of hydrogen-bond acceptors (Lipinski definition) is 4. The van der Waals surface area contributed by atoms with E-state index in [1.807, 2.05) is 42.2 Å². The van der Waals surface area contributed by atoms with Crippen LogP contribution in [0.4, 0.5) is 0 Å². The van der Waals surface area contributed by atoms with Crippen LogP contribution in [0.5, 0.6) is 0 Å². The Morgan fingerprint density at radius 2 is 1.90 bits per heavy atom. The zero-order valence-corrected chi connectivity index (χ0v) is 12.4. The lowest BCUT2D eigenvalue weighted by molar-refractivity contribution is 0.526. The number of hydrogen-bond donors (Lipinski definition) is 2. The van der Waals surface area contributed by atoms with E-state index in [0.717, 1.165) is 24.5 Å². The molecule has 20 heavy (non-hydrogen) atoms. The summed E-state index contributed by atoms with van der Waals surface area (Å²) < 4.78 is 0. The van der Waals surface area contributed by atoms with E-state index in [-0.39, 0.29) is 0 Å². The van der Waals surface area contributed by atoms with Crippen molar-refractivity contribution in [1.82, 2.24) is 10.3 Å². The second kappa shape index (κ2) is 8.74. The first-order valence-electron chi connectivity index (χ1n) is 6.87. The molecule has 0 bridgehead atoms. The predicted molar refractivity (Wildman–Crippen MR) is 85.7 cm³/mol. The van der Waals surface area contributed by atoms with Crippen molar-refractivity contribution in [2.75, 3.05) is 18.8 Å². The molecule has 2 rings (SSSR count). The smallest absolute Gasteiger partial charge is 0.0541 e. The van der Waals surface area contributed by atoms with Crippen molar-refractivity contribution in [3.05, 3.63) is 60.4 Å². The first-order valence-corrected chi connectivity index (χ1v) is 7.85. The number of pyridine rings is 1. The molecule has 1 heterocycles. The number of thioether (sulfide) groups is 1. The molecule has 1 unspecified atom stereocenters. The van der Waals surface area contributed by atoms with Crippen LogP contribution in [0.15, 0.2) is 59.6 Å². The van der Waals surface area contributed by atoms with Gasteiger partial charge in [-0.3, -0.25) is 4.98 Å². The zero-order valence-electron chi connectivity index (χ0n) is 11.5. The normalized spacial score (nSPS) is 12.2. The van der Waals surface area contributed by atoms with Crippen molar-refractivity contribution in [3.8, 4) is 0 Å². The Morgan fingerprint density at radius 3 is 2.60 bits per heavy atom. The quantitative estimate of drug-likeness (QED) is 0.733. The Labute approximate surface area is 125 Å². The Hall–Kier alpha value is -1.36. The van der Waals surface area contributed by atoms with Gasteiger partial charge in [0.05, 0.1) is 5.69 Å². The van der Waals surface area contributed by atoms with Crippen LogP contribution in [0, 0.1) is 5.92 Å². The molecule has 0 saturated carbocycles. The van der Waals surface area contributed by atoms with Crippen LogP contribution in [0.3, 0.4) is 0 Å². The van der Waals surface area contributed by atoms with Gasteiger partial charge in [-0.1, -0.05) is 24.3 Å². The Morgan fingerprint density at radius 1 is 1.10 bits per heavy atom. The van der Waals surface area contributed by atoms with Gasteiger partial charge in [-0.05, 0) is 36.7 Å². The van der Waals surface area contributed by atoms with E-state index >= 15 is 0 Å². The topological polar surface area (TPSA) is 50.9 Å². The summed E-state index contributed by atoms with van der Waals surface area (Å²) in [5.41, 5.74) is 6.92. The molecule has 1 aromatic heterocycles. The van der Waals surface area contributed by atoms with E-state index in [9.17, 15) is 0 Å². The number of aromatic nitrogens is 1. The van der Waals surface area contributed by atoms with Crippen molar-refractivity contribution < 1.29 is 0 Å². The van der Waals surface area contributed by atoms with Crippen LogP contribution in [0.2, 0.25) is 0 Å². The Kier molecular flexibility index (Phi) is 6.57. The molecule has 106 valence electrons. The first kappa shape index (κ1) is 15.0. The maximum Gasteiger partial charge on any atom is 0.0541 e. The van der Waals surface area contributed by atoms with E-state index in [0.29, 0.717) is 12.5 Å². The Bertz CT molecular complexity index is 476. The standard InChI is InChI=1S/C16H21N3S/c17-10-14(13-20-16-7-2-1-3-8-16)11-18-12-15-6-4-5-9-19-15/h1-9,14,18H,10-13,17H2. The third kappa shape index (κ3) is 5.33. The largest absolute Gasteiger partial charge is 0.330 e. The van der Waals surface area contributed by atoms with Crippen molar-refractivity contribution in [3.63, 3.8) is 0 Å². The predicted octanol–water partition coefficient (Wildman–Crippen LogP) is 2.54. The summed E-state index contributed by atoms with van der Waals surface area (Å²) >= 11 is 1.86. The van der Waals surface area contributed by atoms with E-state index in [1.165, 1.54) is 4.90 Å². The Balaban J connectivity index is 1.70. The molecule has 1 atom stereocenters. The summed E-state index contributed by atoms with van der Waals surface area (Å²) in [5.74, 6) is 1.51. The van der Waals surface area contributed by atoms with Gasteiger partial charge in [-0.15, -0.1) is 11.8 Å². The van der Waals surface area contributed by atoms with Gasteiger partial charge in [-0.2, -0.15) is 0 Å². The maximum absolute atomic E-state index is 5.85. The fraction of sp³-hybridized carbons (Fsp3) is 0.312. The molecule has 4 heteroatoms. The zero-order chi connectivity index (χ0) is 14.0. The maximum atomic E-state index is 5.85. The molecule has 0 aliphatic heterocycles. The van der Waals surface area contributed by atoms with E-state index < -0.39 is 0 Å². The summed E-state index contributed by atoms with van der Waals surface area (Å²) in [6.07, 6.45) is 1.82. The molecule has 0 saturated heterocycles. The van der Waals surface area contributed by atoms with Gasteiger partial charge >= 0.3 is 0 Å². The van der Waals surface area contributed by atoms with Crippen molar-refractivity contribution in [2.24, 2.45) is 11.7 Å². The lowest BCUT2D eigenvalue weighted by Gasteiger charge is -2.15. The van der Waals surface area contributed by atoms with E-state index in [1.54, 1.807) is 0 Å². The van der Waals surface area contributed by atoms with Gasteiger partial charge < -0.3 is 11.1 Å². The van der Waals surface area contributed by atoms with Crippen molar-refractivity contribution in [1.29, 1.82) is 0 Å². The summed E-state index contributed by atoms with van der Waals surface area (Å²) in [5, 5.41) is 3.43. The number of nitrogens with zero attached hydrogens (tertiary/aromatic N) is 1. The van der Waals surface area contributed by atoms with Gasteiger partial charge in [0.15, 0.2) is 0 Å². The average Bonchev–Trinajstić information content (AvgIpc) is 2.52. The highest BCUT2D eigenvalue weighted by molar-refractivity contribution is 7.99. The van der Waals surface area contributed by atoms with Crippen LogP contribution in [-0.4, -0.2) is 23.8 Å². The summed E-state index contributed by atoms with van der Waals surface area (Å²) in [6.45, 7) is 2.43. The monoisotopic (exact) mass is 287 g/mol. The highest BCUT2D eigenvalue weighted by Gasteiger charge is 2.07. The molecular formula is C16H21N3S. The molecule has 1 aromatic carbocycles. The molecule has 2 aromatic rings. The van der Waals surface area contributed by atoms with Gasteiger partial charge in [0.25, 0.3) is 0 Å². The van der Waals surface area contributed by atoms with Crippen LogP contribution in [0.25, 0.3) is 0 Å². The van der Waals surface area contributed by atoms with Crippen molar-refractivity contribution in [2.45, 2.75) is 11.4 Å². The highest BCUT2D eigenvalue weighted by Crippen LogP contribution is 2.19. The summed E-state index contributed by atoms with van der Waals surface area (Å²) in [7, 11) is 0. The fourth-order valence-corrected chi connectivity index (χ4v) is 2.88. The lowest BCUT2D eigenvalue weighted by atomic mass is 10.2. The minimum atomic E-state index is 0.476. The number of nitrogens with two attached hydrogens (primary N) is 1. The molecular weight excluding hydrogens is 266 g/mol. The van der Waals surface area contributed by atoms with Gasteiger partial charge in [0, 0.05) is 29.9 Å². The van der Waals surface area contributed by atoms with Crippen LogP contribution < -0.4 is 11.1 Å². The molecule has 3 nitrogen and oxygen atoms in total. The van der Waals surface area contributed by atoms with Crippen LogP contribution in [0.1, 0.15) is 5.69 Å². The molecule has 0 spiro atoms. The lowest BCUT2D eigenvalue weighted by Crippen LogP contribution is -2.29. The SMILES string of the molecule is NCC(CNCc1ccccn1)CSc1ccccc1. The van der Waals surface area contributed by atoms with Gasteiger partial charge in [-0.25, -0.2) is 0 Å². The first-order chi connectivity index (χ1) is 9.88. The average molecular weight is 287 g/mol. The summed E-state index contributed by atoms with van der Waals surface area (Å²) in [6, 6.07) is 16.4. The second-order valence-electron chi connectivity index (χ2n) is 4.68. The molecule has 0 aliphatic rings. The fourth-order valence-electron chi connectivity index (χ4n) is 1.85. The van der Waals surface area contributed by atoms with E-state index in [4.69, 9.17) is 5.73 Å². The number of benzene rings is 1. The summed E-state index contributed by atoms with van der Waals surface area (Å²) in [4.78, 5) is 5.60. The molecule has 3 N–H and O–H groups in total. The minimum Gasteiger partial charge on any atom is -0.330 e. The van der Waals surface area contributed by atoms with Crippen LogP contribution in [-0.2, 0) is 6.54 Å². The van der Waals surface area contributed by atoms with Crippen molar-refractivity contribution >= 4 is 11.8 Å². The third-order valence-corrected chi connectivity index (χ3v) is 4.27. The molecule has 0 aliphatic carbocycles. The minimum absolute atomic E-state index is 0.476. The van der Waals surface area contributed by atoms with Crippen LogP contribution >= 0.6 is 11.8 Å². The van der Waals surface area contributed by atoms with E-state index in [2.05, 4.69) is 34.6 Å². The molecule has 0 amide bonds. The molecule has 0 radical (unpaired) electrons. The number of nitrogens with one attached hydrogen (secondary N) is 1. The highest BCUT2D eigenvalue weighted by atomic mass is 32.2. The van der Waals surface area contributed by atoms with Gasteiger partial charge in [0.1, 0.15) is 0 Å². The van der Waals surface area contributed by atoms with Gasteiger partial charge in [0.2, 0.25) is 0 Å². The second-order valence-corrected chi connectivity index (χ2v) is 5.77. The number of rotatable bonds is 8.